The van der Waals surface area contributed by atoms with Gasteiger partial charge in [-0.25, -0.2) is 12.8 Å². The topological polar surface area (TPSA) is 124 Å². The molecule has 1 aromatic carbocycles. The van der Waals surface area contributed by atoms with Gasteiger partial charge in [-0.05, 0) is 31.0 Å². The van der Waals surface area contributed by atoms with Gasteiger partial charge >= 0.3 is 0 Å². The molecule has 0 radical (unpaired) electrons. The molecule has 0 amide bonds. The summed E-state index contributed by atoms with van der Waals surface area (Å²) in [5.74, 6) is -1.56. The summed E-state index contributed by atoms with van der Waals surface area (Å²) in [5.41, 5.74) is 0.658. The van der Waals surface area contributed by atoms with Gasteiger partial charge in [0.05, 0.1) is 18.1 Å². The number of aromatic nitrogens is 4. The van der Waals surface area contributed by atoms with Crippen LogP contribution >= 0.6 is 0 Å². The molecule has 0 spiro atoms. The third-order valence-electron chi connectivity index (χ3n) is 5.29. The second-order valence-electron chi connectivity index (χ2n) is 7.27. The van der Waals surface area contributed by atoms with E-state index >= 15 is 0 Å². The molecule has 1 N–H and O–H groups in total. The number of hydrogen-bond acceptors (Lipinski definition) is 7. The fourth-order valence-corrected chi connectivity index (χ4v) is 4.04. The van der Waals surface area contributed by atoms with Crippen LogP contribution in [0.2, 0.25) is 0 Å². The van der Waals surface area contributed by atoms with E-state index in [9.17, 15) is 22.4 Å². The second-order valence-corrected chi connectivity index (χ2v) is 9.71. The molecule has 0 aliphatic carbocycles. The van der Waals surface area contributed by atoms with Crippen molar-refractivity contribution < 1.29 is 22.7 Å². The zero-order chi connectivity index (χ0) is 22.8. The minimum atomic E-state index is -3.87. The van der Waals surface area contributed by atoms with Gasteiger partial charge in [-0.1, -0.05) is 12.1 Å². The Morgan fingerprint density at radius 3 is 2.35 bits per heavy atom. The normalized spacial score (nSPS) is 13.7. The van der Waals surface area contributed by atoms with Crippen LogP contribution in [0.15, 0.2) is 53.7 Å². The maximum atomic E-state index is 14.8. The number of sulfone groups is 1. The lowest BCUT2D eigenvalue weighted by Gasteiger charge is -2.25. The van der Waals surface area contributed by atoms with Gasteiger partial charge in [-0.15, -0.1) is 0 Å². The average Bonchev–Trinajstić information content (AvgIpc) is 3.27. The first-order valence-electron chi connectivity index (χ1n) is 9.28. The van der Waals surface area contributed by atoms with Crippen LogP contribution in [0.1, 0.15) is 13.3 Å². The number of rotatable bonds is 8. The summed E-state index contributed by atoms with van der Waals surface area (Å²) in [5, 5.41) is 17.1. The monoisotopic (exact) mass is 448 g/mol. The first-order chi connectivity index (χ1) is 14.6. The Morgan fingerprint density at radius 2 is 1.81 bits per heavy atom. The number of aryl methyl sites for hydroxylation is 1. The predicted octanol–water partition coefficient (Wildman–Crippen LogP) is 0.990. The Kier molecular flexibility index (Phi) is 6.18. The van der Waals surface area contributed by atoms with Gasteiger partial charge < -0.3 is 9.67 Å². The Morgan fingerprint density at radius 1 is 1.19 bits per heavy atom. The van der Waals surface area contributed by atoms with E-state index in [1.54, 1.807) is 24.3 Å². The third-order valence-corrected chi connectivity index (χ3v) is 7.36. The van der Waals surface area contributed by atoms with Crippen molar-refractivity contribution in [3.05, 3.63) is 65.1 Å². The molecule has 0 saturated carbocycles. The minimum absolute atomic E-state index is 0.0820. The number of pyridine rings is 1. The SMILES string of the molecule is C[C@@](CCn1cc(F)c(-c2ccc(-n3nccn3)cc2)cc1=O)(C(=O)CO)S(C)(=O)=O. The number of benzene rings is 1. The third kappa shape index (κ3) is 4.47. The number of aliphatic hydroxyl groups excluding tert-OH is 1. The van der Waals surface area contributed by atoms with Gasteiger partial charge in [0, 0.05) is 30.6 Å². The molecule has 164 valence electrons. The zero-order valence-electron chi connectivity index (χ0n) is 16.9. The number of carbonyl (C=O) groups excluding carboxylic acids is 1. The van der Waals surface area contributed by atoms with Crippen LogP contribution in [0.25, 0.3) is 16.8 Å². The number of carbonyl (C=O) groups is 1. The van der Waals surface area contributed by atoms with E-state index in [-0.39, 0.29) is 18.5 Å². The number of aliphatic hydroxyl groups is 1. The Labute approximate surface area is 177 Å². The average molecular weight is 448 g/mol. The molecule has 31 heavy (non-hydrogen) atoms. The van der Waals surface area contributed by atoms with Gasteiger partial charge in [0.15, 0.2) is 15.6 Å². The predicted molar refractivity (Wildman–Crippen MR) is 111 cm³/mol. The lowest BCUT2D eigenvalue weighted by molar-refractivity contribution is -0.124. The lowest BCUT2D eigenvalue weighted by Crippen LogP contribution is -2.46. The van der Waals surface area contributed by atoms with Crippen LogP contribution in [-0.2, 0) is 21.2 Å². The highest BCUT2D eigenvalue weighted by Gasteiger charge is 2.42. The molecule has 2 aromatic heterocycles. The lowest BCUT2D eigenvalue weighted by atomic mass is 10.0. The first kappa shape index (κ1) is 22.5. The van der Waals surface area contributed by atoms with Crippen molar-refractivity contribution in [1.82, 2.24) is 19.6 Å². The van der Waals surface area contributed by atoms with Crippen LogP contribution in [0, 0.1) is 5.82 Å². The Balaban J connectivity index is 1.87. The molecule has 0 fully saturated rings. The number of halogens is 1. The van der Waals surface area contributed by atoms with Crippen molar-refractivity contribution in [2.75, 3.05) is 12.9 Å². The highest BCUT2D eigenvalue weighted by molar-refractivity contribution is 7.92. The molecule has 0 unspecified atom stereocenters. The first-order valence-corrected chi connectivity index (χ1v) is 11.2. The Bertz CT molecular complexity index is 1250. The van der Waals surface area contributed by atoms with E-state index in [1.807, 2.05) is 0 Å². The maximum Gasteiger partial charge on any atom is 0.251 e. The molecule has 1 atom stereocenters. The zero-order valence-corrected chi connectivity index (χ0v) is 17.7. The van der Waals surface area contributed by atoms with Crippen molar-refractivity contribution >= 4 is 15.6 Å². The molecular formula is C20H21FN4O5S. The van der Waals surface area contributed by atoms with Crippen LogP contribution in [0.3, 0.4) is 0 Å². The quantitative estimate of drug-likeness (QED) is 0.545. The molecule has 0 saturated heterocycles. The van der Waals surface area contributed by atoms with Crippen LogP contribution < -0.4 is 5.56 Å². The molecular weight excluding hydrogens is 427 g/mol. The molecule has 9 nitrogen and oxygen atoms in total. The molecule has 0 aliphatic rings. The van der Waals surface area contributed by atoms with Crippen molar-refractivity contribution in [2.24, 2.45) is 0 Å². The number of nitrogens with zero attached hydrogens (tertiary/aromatic N) is 4. The summed E-state index contributed by atoms with van der Waals surface area (Å²) in [4.78, 5) is 25.9. The minimum Gasteiger partial charge on any atom is -0.389 e. The highest BCUT2D eigenvalue weighted by atomic mass is 32.2. The number of ketones is 1. The van der Waals surface area contributed by atoms with Gasteiger partial charge in [0.1, 0.15) is 17.2 Å². The van der Waals surface area contributed by atoms with Crippen molar-refractivity contribution in [2.45, 2.75) is 24.6 Å². The molecule has 11 heteroatoms. The van der Waals surface area contributed by atoms with Gasteiger partial charge in [-0.2, -0.15) is 15.0 Å². The van der Waals surface area contributed by atoms with E-state index in [1.165, 1.54) is 24.1 Å². The number of hydrogen-bond donors (Lipinski definition) is 1. The fraction of sp³-hybridized carbons (Fsp3) is 0.300. The van der Waals surface area contributed by atoms with Gasteiger partial charge in [-0.3, -0.25) is 9.59 Å². The molecule has 0 aliphatic heterocycles. The summed E-state index contributed by atoms with van der Waals surface area (Å²) in [6.45, 7) is 0.0255. The van der Waals surface area contributed by atoms with Crippen LogP contribution in [0.5, 0.6) is 0 Å². The smallest absolute Gasteiger partial charge is 0.251 e. The number of Topliss-reactive ketones (excluding diaryl/α,β-unsaturated/α-hetero) is 1. The largest absolute Gasteiger partial charge is 0.389 e. The fourth-order valence-electron chi connectivity index (χ4n) is 3.10. The van der Waals surface area contributed by atoms with Crippen molar-refractivity contribution in [3.8, 4) is 16.8 Å². The van der Waals surface area contributed by atoms with E-state index < -0.39 is 38.4 Å². The van der Waals surface area contributed by atoms with Crippen LogP contribution in [-0.4, -0.2) is 56.5 Å². The molecule has 3 rings (SSSR count). The summed E-state index contributed by atoms with van der Waals surface area (Å²) >= 11 is 0. The standard InChI is InChI=1S/C20H21FN4O5S/c1-20(18(27)13-26,31(2,29)30)7-10-24-12-17(21)16(11-19(24)28)14-3-5-15(6-4-14)25-22-8-9-23-25/h3-6,8-9,11-12,26H,7,10,13H2,1-2H3/t20-/m1/s1. The molecule has 2 heterocycles. The second kappa shape index (κ2) is 8.52. The highest BCUT2D eigenvalue weighted by Crippen LogP contribution is 2.25. The van der Waals surface area contributed by atoms with Gasteiger partial charge in [0.2, 0.25) is 0 Å². The maximum absolute atomic E-state index is 14.8. The van der Waals surface area contributed by atoms with Crippen molar-refractivity contribution in [1.29, 1.82) is 0 Å². The van der Waals surface area contributed by atoms with Crippen molar-refractivity contribution in [3.63, 3.8) is 0 Å². The summed E-state index contributed by atoms with van der Waals surface area (Å²) in [6.07, 6.45) is 4.63. The summed E-state index contributed by atoms with van der Waals surface area (Å²) < 4.78 is 38.0. The van der Waals surface area contributed by atoms with E-state index in [0.717, 1.165) is 23.1 Å². The molecule has 0 bridgehead atoms. The van der Waals surface area contributed by atoms with E-state index in [4.69, 9.17) is 5.11 Å². The Hall–Kier alpha value is -3.18. The van der Waals surface area contributed by atoms with Crippen LogP contribution in [0.4, 0.5) is 4.39 Å². The van der Waals surface area contributed by atoms with Gasteiger partial charge in [0.25, 0.3) is 5.56 Å². The van der Waals surface area contributed by atoms with E-state index in [2.05, 4.69) is 10.2 Å². The molecule has 3 aromatic rings. The summed E-state index contributed by atoms with van der Waals surface area (Å²) in [7, 11) is -3.87. The van der Waals surface area contributed by atoms with E-state index in [0.29, 0.717) is 11.3 Å². The summed E-state index contributed by atoms with van der Waals surface area (Å²) in [6, 6.07) is 7.72.